The second-order valence-corrected chi connectivity index (χ2v) is 6.10. The number of thiocarbonyl (C=S) groups is 1. The van der Waals surface area contributed by atoms with E-state index in [9.17, 15) is 0 Å². The number of benzene rings is 1. The van der Waals surface area contributed by atoms with E-state index in [-0.39, 0.29) is 6.04 Å². The summed E-state index contributed by atoms with van der Waals surface area (Å²) in [4.78, 5) is 2.06. The van der Waals surface area contributed by atoms with Crippen LogP contribution in [0.4, 0.5) is 0 Å². The molecule has 0 saturated carbocycles. The number of rotatable bonds is 4. The normalized spacial score (nSPS) is 12.0. The van der Waals surface area contributed by atoms with Crippen LogP contribution in [0.3, 0.4) is 0 Å². The van der Waals surface area contributed by atoms with Crippen LogP contribution < -0.4 is 5.32 Å². The molecule has 0 radical (unpaired) electrons. The van der Waals surface area contributed by atoms with Crippen molar-refractivity contribution in [2.75, 3.05) is 7.05 Å². The summed E-state index contributed by atoms with van der Waals surface area (Å²) in [6, 6.07) is 10.5. The molecule has 2 rings (SSSR count). The Balaban J connectivity index is 2.00. The molecule has 1 atom stereocenters. The maximum Gasteiger partial charge on any atom is 0.169 e. The molecule has 0 amide bonds. The van der Waals surface area contributed by atoms with Gasteiger partial charge in [-0.2, -0.15) is 5.10 Å². The maximum atomic E-state index is 5.53. The van der Waals surface area contributed by atoms with Gasteiger partial charge in [0.25, 0.3) is 0 Å². The summed E-state index contributed by atoms with van der Waals surface area (Å²) in [5.74, 6) is 0. The van der Waals surface area contributed by atoms with Crippen molar-refractivity contribution in [1.29, 1.82) is 0 Å². The van der Waals surface area contributed by atoms with Crippen LogP contribution in [0, 0.1) is 13.8 Å². The smallest absolute Gasteiger partial charge is 0.169 e. The molecule has 0 saturated heterocycles. The second kappa shape index (κ2) is 6.92. The summed E-state index contributed by atoms with van der Waals surface area (Å²) in [6.07, 6.45) is 0. The van der Waals surface area contributed by atoms with E-state index in [0.29, 0.717) is 0 Å². The van der Waals surface area contributed by atoms with E-state index in [1.165, 1.54) is 16.8 Å². The van der Waals surface area contributed by atoms with Gasteiger partial charge < -0.3 is 10.2 Å². The zero-order chi connectivity index (χ0) is 16.3. The first-order valence-electron chi connectivity index (χ1n) is 7.45. The molecule has 0 fully saturated rings. The van der Waals surface area contributed by atoms with E-state index in [2.05, 4.69) is 41.3 Å². The van der Waals surface area contributed by atoms with Crippen LogP contribution in [0.1, 0.15) is 35.5 Å². The molecule has 0 bridgehead atoms. The first kappa shape index (κ1) is 16.5. The molecule has 0 aliphatic rings. The molecule has 22 heavy (non-hydrogen) atoms. The highest BCUT2D eigenvalue weighted by Gasteiger charge is 2.15. The Labute approximate surface area is 138 Å². The molecule has 1 N–H and O–H groups in total. The monoisotopic (exact) mass is 316 g/mol. The summed E-state index contributed by atoms with van der Waals surface area (Å²) in [5.41, 5.74) is 4.71. The number of aryl methyl sites for hydroxylation is 2. The van der Waals surface area contributed by atoms with E-state index in [1.54, 1.807) is 0 Å². The molecule has 2 aromatic rings. The second-order valence-electron chi connectivity index (χ2n) is 5.71. The van der Waals surface area contributed by atoms with Gasteiger partial charge in [0.1, 0.15) is 0 Å². The lowest BCUT2D eigenvalue weighted by Crippen LogP contribution is -2.38. The third kappa shape index (κ3) is 3.65. The minimum Gasteiger partial charge on any atom is -0.356 e. The van der Waals surface area contributed by atoms with Crippen molar-refractivity contribution in [1.82, 2.24) is 20.0 Å². The molecule has 0 spiro atoms. The van der Waals surface area contributed by atoms with Gasteiger partial charge >= 0.3 is 0 Å². The molecule has 5 heteroatoms. The Morgan fingerprint density at radius 1 is 1.32 bits per heavy atom. The van der Waals surface area contributed by atoms with E-state index >= 15 is 0 Å². The molecule has 4 nitrogen and oxygen atoms in total. The van der Waals surface area contributed by atoms with Gasteiger partial charge in [-0.1, -0.05) is 30.3 Å². The van der Waals surface area contributed by atoms with Crippen molar-refractivity contribution in [2.45, 2.75) is 33.4 Å². The summed E-state index contributed by atoms with van der Waals surface area (Å²) >= 11 is 5.53. The van der Waals surface area contributed by atoms with Crippen LogP contribution in [-0.2, 0) is 13.6 Å². The van der Waals surface area contributed by atoms with E-state index < -0.39 is 0 Å². The third-order valence-electron chi connectivity index (χ3n) is 4.04. The van der Waals surface area contributed by atoms with Crippen molar-refractivity contribution in [3.05, 3.63) is 52.8 Å². The van der Waals surface area contributed by atoms with Gasteiger partial charge in [0, 0.05) is 31.9 Å². The highest BCUT2D eigenvalue weighted by atomic mass is 32.1. The molecule has 118 valence electrons. The van der Waals surface area contributed by atoms with Crippen molar-refractivity contribution in [3.63, 3.8) is 0 Å². The molecule has 0 aliphatic heterocycles. The Kier molecular flexibility index (Phi) is 5.19. The van der Waals surface area contributed by atoms with Gasteiger partial charge in [-0.05, 0) is 38.6 Å². The molecular formula is C17H24N4S. The fourth-order valence-corrected chi connectivity index (χ4v) is 2.72. The fraction of sp³-hybridized carbons (Fsp3) is 0.412. The summed E-state index contributed by atoms with van der Waals surface area (Å²) in [5, 5.41) is 8.60. The van der Waals surface area contributed by atoms with Crippen LogP contribution in [0.15, 0.2) is 30.3 Å². The van der Waals surface area contributed by atoms with Gasteiger partial charge in [-0.3, -0.25) is 4.68 Å². The predicted molar refractivity (Wildman–Crippen MR) is 94.7 cm³/mol. The average molecular weight is 316 g/mol. The lowest BCUT2D eigenvalue weighted by atomic mass is 10.1. The topological polar surface area (TPSA) is 33.1 Å². The molecular weight excluding hydrogens is 292 g/mol. The van der Waals surface area contributed by atoms with Gasteiger partial charge in [0.05, 0.1) is 11.7 Å². The zero-order valence-corrected chi connectivity index (χ0v) is 14.7. The Morgan fingerprint density at radius 2 is 1.95 bits per heavy atom. The first-order chi connectivity index (χ1) is 10.4. The molecule has 1 unspecified atom stereocenters. The Hall–Kier alpha value is -1.88. The summed E-state index contributed by atoms with van der Waals surface area (Å²) < 4.78 is 1.92. The Bertz CT molecular complexity index is 648. The summed E-state index contributed by atoms with van der Waals surface area (Å²) in [7, 11) is 3.98. The largest absolute Gasteiger partial charge is 0.356 e. The minimum absolute atomic E-state index is 0.187. The van der Waals surface area contributed by atoms with Gasteiger partial charge in [0.2, 0.25) is 0 Å². The van der Waals surface area contributed by atoms with Crippen LogP contribution in [0.5, 0.6) is 0 Å². The fourth-order valence-electron chi connectivity index (χ4n) is 2.48. The van der Waals surface area contributed by atoms with Crippen molar-refractivity contribution >= 4 is 17.3 Å². The molecule has 1 aromatic carbocycles. The van der Waals surface area contributed by atoms with Crippen molar-refractivity contribution in [3.8, 4) is 0 Å². The van der Waals surface area contributed by atoms with Crippen LogP contribution in [0.2, 0.25) is 0 Å². The van der Waals surface area contributed by atoms with Gasteiger partial charge in [0.15, 0.2) is 5.11 Å². The minimum atomic E-state index is 0.187. The SMILES string of the molecule is Cc1nn(C)c(C)c1CN(C)C(=S)NC(C)c1ccccc1. The lowest BCUT2D eigenvalue weighted by molar-refractivity contribution is 0.476. The lowest BCUT2D eigenvalue weighted by Gasteiger charge is -2.24. The summed E-state index contributed by atoms with van der Waals surface area (Å²) in [6.45, 7) is 7.01. The molecule has 1 heterocycles. The van der Waals surface area contributed by atoms with Crippen LogP contribution in [-0.4, -0.2) is 26.8 Å². The number of aromatic nitrogens is 2. The maximum absolute atomic E-state index is 5.53. The van der Waals surface area contributed by atoms with Crippen molar-refractivity contribution < 1.29 is 0 Å². The van der Waals surface area contributed by atoms with E-state index in [4.69, 9.17) is 12.2 Å². The molecule has 1 aromatic heterocycles. The quantitative estimate of drug-likeness (QED) is 0.879. The highest BCUT2D eigenvalue weighted by Crippen LogP contribution is 2.15. The van der Waals surface area contributed by atoms with Crippen LogP contribution >= 0.6 is 12.2 Å². The predicted octanol–water partition coefficient (Wildman–Crippen LogP) is 3.10. The van der Waals surface area contributed by atoms with E-state index in [0.717, 1.165) is 17.4 Å². The number of hydrogen-bond acceptors (Lipinski definition) is 2. The van der Waals surface area contributed by atoms with Crippen molar-refractivity contribution in [2.24, 2.45) is 7.05 Å². The van der Waals surface area contributed by atoms with Gasteiger partial charge in [-0.15, -0.1) is 0 Å². The number of nitrogens with one attached hydrogen (secondary N) is 1. The van der Waals surface area contributed by atoms with Crippen LogP contribution in [0.25, 0.3) is 0 Å². The van der Waals surface area contributed by atoms with E-state index in [1.807, 2.05) is 43.9 Å². The zero-order valence-electron chi connectivity index (χ0n) is 13.9. The third-order valence-corrected chi connectivity index (χ3v) is 4.47. The number of nitrogens with zero attached hydrogens (tertiary/aromatic N) is 3. The average Bonchev–Trinajstić information content (AvgIpc) is 2.74. The number of hydrogen-bond donors (Lipinski definition) is 1. The highest BCUT2D eigenvalue weighted by molar-refractivity contribution is 7.80. The Morgan fingerprint density at radius 3 is 2.50 bits per heavy atom. The van der Waals surface area contributed by atoms with Gasteiger partial charge in [-0.25, -0.2) is 0 Å². The first-order valence-corrected chi connectivity index (χ1v) is 7.86. The molecule has 0 aliphatic carbocycles. The standard InChI is InChI=1S/C17H24N4S/c1-12(15-9-7-6-8-10-15)18-17(22)20(4)11-16-13(2)19-21(5)14(16)3/h6-10,12H,11H2,1-5H3,(H,18,22).